The number of carbonyl (C=O) groups excluding carboxylic acids is 1. The molecule has 0 radical (unpaired) electrons. The predicted molar refractivity (Wildman–Crippen MR) is 93.6 cm³/mol. The van der Waals surface area contributed by atoms with Gasteiger partial charge in [-0.2, -0.15) is 4.98 Å². The molecule has 5 nitrogen and oxygen atoms in total. The second-order valence-electron chi connectivity index (χ2n) is 6.03. The largest absolute Gasteiger partial charge is 0.294 e. The molecule has 122 valence electrons. The molecule has 3 aromatic rings. The van der Waals surface area contributed by atoms with Gasteiger partial charge in [0.05, 0.1) is 11.3 Å². The van der Waals surface area contributed by atoms with Gasteiger partial charge in [0.25, 0.3) is 5.78 Å². The molecule has 0 spiro atoms. The zero-order valence-corrected chi connectivity index (χ0v) is 14.3. The van der Waals surface area contributed by atoms with Gasteiger partial charge in [0.1, 0.15) is 0 Å². The van der Waals surface area contributed by atoms with Gasteiger partial charge >= 0.3 is 0 Å². The monoisotopic (exact) mass is 338 g/mol. The highest BCUT2D eigenvalue weighted by molar-refractivity contribution is 7.99. The molecular weight excluding hydrogens is 320 g/mol. The molecule has 24 heavy (non-hydrogen) atoms. The molecule has 1 aromatic carbocycles. The summed E-state index contributed by atoms with van der Waals surface area (Å²) in [7, 11) is 0. The third-order valence-corrected chi connectivity index (χ3v) is 5.31. The fourth-order valence-electron chi connectivity index (χ4n) is 3.08. The van der Waals surface area contributed by atoms with Crippen molar-refractivity contribution in [1.29, 1.82) is 0 Å². The summed E-state index contributed by atoms with van der Waals surface area (Å²) in [5.41, 5.74) is 2.72. The number of hydrogen-bond donors (Lipinski definition) is 0. The van der Waals surface area contributed by atoms with Crippen LogP contribution in [0.1, 0.15) is 47.3 Å². The van der Waals surface area contributed by atoms with Gasteiger partial charge in [-0.3, -0.25) is 4.79 Å². The van der Waals surface area contributed by atoms with Crippen LogP contribution in [0.15, 0.2) is 41.7 Å². The highest BCUT2D eigenvalue weighted by atomic mass is 32.2. The molecule has 0 saturated carbocycles. The second kappa shape index (κ2) is 6.36. The number of benzene rings is 1. The van der Waals surface area contributed by atoms with Crippen LogP contribution < -0.4 is 0 Å². The first-order valence-electron chi connectivity index (χ1n) is 8.22. The second-order valence-corrected chi connectivity index (χ2v) is 7.09. The molecule has 0 amide bonds. The molecule has 0 aliphatic heterocycles. The van der Waals surface area contributed by atoms with Crippen molar-refractivity contribution in [3.05, 3.63) is 53.3 Å². The molecule has 1 atom stereocenters. The van der Waals surface area contributed by atoms with E-state index in [1.165, 1.54) is 5.56 Å². The Labute approximate surface area is 144 Å². The number of hydrogen-bond acceptors (Lipinski definition) is 5. The Balaban J connectivity index is 1.69. The van der Waals surface area contributed by atoms with Crippen molar-refractivity contribution in [1.82, 2.24) is 19.6 Å². The van der Waals surface area contributed by atoms with E-state index in [0.29, 0.717) is 17.8 Å². The van der Waals surface area contributed by atoms with Gasteiger partial charge in [-0.1, -0.05) is 49.0 Å². The van der Waals surface area contributed by atoms with E-state index in [9.17, 15) is 4.79 Å². The molecule has 0 saturated heterocycles. The van der Waals surface area contributed by atoms with Crippen molar-refractivity contribution < 1.29 is 4.79 Å². The molecule has 1 unspecified atom stereocenters. The molecular formula is C18H18N4OS. The van der Waals surface area contributed by atoms with Crippen LogP contribution >= 0.6 is 11.8 Å². The summed E-state index contributed by atoms with van der Waals surface area (Å²) in [5, 5.41) is 5.14. The van der Waals surface area contributed by atoms with Gasteiger partial charge in [-0.15, -0.1) is 5.10 Å². The Morgan fingerprint density at radius 3 is 2.83 bits per heavy atom. The average molecular weight is 338 g/mol. The molecule has 1 aliphatic rings. The quantitative estimate of drug-likeness (QED) is 0.681. The zero-order valence-electron chi connectivity index (χ0n) is 13.5. The number of nitrogens with zero attached hydrogens (tertiary/aromatic N) is 4. The van der Waals surface area contributed by atoms with Gasteiger partial charge in [0.15, 0.2) is 5.78 Å². The third-order valence-electron chi connectivity index (χ3n) is 4.27. The minimum absolute atomic E-state index is 0.137. The van der Waals surface area contributed by atoms with Gasteiger partial charge in [-0.05, 0) is 24.3 Å². The number of rotatable bonds is 4. The molecule has 6 heteroatoms. The first-order valence-corrected chi connectivity index (χ1v) is 9.20. The van der Waals surface area contributed by atoms with E-state index in [1.807, 2.05) is 18.2 Å². The summed E-state index contributed by atoms with van der Waals surface area (Å²) in [5.74, 6) is 1.88. The lowest BCUT2D eigenvalue weighted by Crippen LogP contribution is -2.21. The van der Waals surface area contributed by atoms with Crippen molar-refractivity contribution in [2.24, 2.45) is 0 Å². The summed E-state index contributed by atoms with van der Waals surface area (Å²) in [6.07, 6.45) is 4.16. The normalized spacial score (nSPS) is 17.2. The van der Waals surface area contributed by atoms with E-state index < -0.39 is 0 Å². The van der Waals surface area contributed by atoms with Crippen LogP contribution in [-0.2, 0) is 6.42 Å². The molecule has 4 rings (SSSR count). The summed E-state index contributed by atoms with van der Waals surface area (Å²) >= 11 is 1.62. The number of ketones is 1. The van der Waals surface area contributed by atoms with Crippen molar-refractivity contribution in [2.45, 2.75) is 37.3 Å². The Bertz CT molecular complexity index is 891. The molecule has 0 N–H and O–H groups in total. The smallest absolute Gasteiger partial charge is 0.253 e. The van der Waals surface area contributed by atoms with Crippen molar-refractivity contribution in [3.63, 3.8) is 0 Å². The van der Waals surface area contributed by atoms with Crippen LogP contribution in [0.5, 0.6) is 0 Å². The van der Waals surface area contributed by atoms with Crippen LogP contribution in [0.4, 0.5) is 0 Å². The molecule has 0 fully saturated rings. The number of aromatic nitrogens is 4. The van der Waals surface area contributed by atoms with Gasteiger partial charge in [0, 0.05) is 18.4 Å². The first kappa shape index (κ1) is 15.3. The highest BCUT2D eigenvalue weighted by Crippen LogP contribution is 2.32. The Morgan fingerprint density at radius 2 is 2.04 bits per heavy atom. The number of carbonyl (C=O) groups is 1. The SMILES string of the molecule is CCCSc1nc2nc3c(cn2n1)C(=O)CC(c1ccccc1)C3. The fourth-order valence-corrected chi connectivity index (χ4v) is 3.76. The third kappa shape index (κ3) is 2.82. The Hall–Kier alpha value is -2.21. The van der Waals surface area contributed by atoms with Crippen LogP contribution in [0.2, 0.25) is 0 Å². The molecule has 0 bridgehead atoms. The van der Waals surface area contributed by atoms with Gasteiger partial charge < -0.3 is 0 Å². The topological polar surface area (TPSA) is 60.1 Å². The Morgan fingerprint density at radius 1 is 1.21 bits per heavy atom. The maximum absolute atomic E-state index is 12.6. The summed E-state index contributed by atoms with van der Waals surface area (Å²) in [4.78, 5) is 21.7. The zero-order chi connectivity index (χ0) is 16.5. The van der Waals surface area contributed by atoms with Crippen LogP contribution in [-0.4, -0.2) is 31.1 Å². The van der Waals surface area contributed by atoms with E-state index in [0.717, 1.165) is 29.4 Å². The lowest BCUT2D eigenvalue weighted by atomic mass is 9.82. The Kier molecular flexibility index (Phi) is 4.06. The van der Waals surface area contributed by atoms with Gasteiger partial charge in [-0.25, -0.2) is 9.50 Å². The molecule has 2 heterocycles. The van der Waals surface area contributed by atoms with Crippen LogP contribution in [0, 0.1) is 0 Å². The van der Waals surface area contributed by atoms with Gasteiger partial charge in [0.2, 0.25) is 5.16 Å². The van der Waals surface area contributed by atoms with Crippen molar-refractivity contribution in [2.75, 3.05) is 5.75 Å². The van der Waals surface area contributed by atoms with Crippen LogP contribution in [0.25, 0.3) is 5.78 Å². The van der Waals surface area contributed by atoms with E-state index in [4.69, 9.17) is 0 Å². The molecule has 2 aromatic heterocycles. The lowest BCUT2D eigenvalue weighted by molar-refractivity contribution is 0.0962. The maximum Gasteiger partial charge on any atom is 0.253 e. The number of fused-ring (bicyclic) bond motifs is 2. The first-order chi connectivity index (χ1) is 11.7. The lowest BCUT2D eigenvalue weighted by Gasteiger charge is -2.22. The van der Waals surface area contributed by atoms with Crippen molar-refractivity contribution >= 4 is 23.3 Å². The predicted octanol–water partition coefficient (Wildman–Crippen LogP) is 3.54. The standard InChI is InChI=1S/C18H18N4OS/c1-2-8-24-18-20-17-19-15-9-13(12-6-4-3-5-7-12)10-16(23)14(15)11-22(17)21-18/h3-7,11,13H,2,8-10H2,1H3. The fraction of sp³-hybridized carbons (Fsp3) is 0.333. The minimum atomic E-state index is 0.137. The highest BCUT2D eigenvalue weighted by Gasteiger charge is 2.28. The summed E-state index contributed by atoms with van der Waals surface area (Å²) < 4.78 is 1.64. The average Bonchev–Trinajstić information content (AvgIpc) is 3.01. The number of thioether (sulfide) groups is 1. The van der Waals surface area contributed by atoms with Crippen LogP contribution in [0.3, 0.4) is 0 Å². The van der Waals surface area contributed by atoms with E-state index >= 15 is 0 Å². The van der Waals surface area contributed by atoms with E-state index in [-0.39, 0.29) is 11.7 Å². The van der Waals surface area contributed by atoms with E-state index in [2.05, 4.69) is 34.1 Å². The van der Waals surface area contributed by atoms with E-state index in [1.54, 1.807) is 22.5 Å². The minimum Gasteiger partial charge on any atom is -0.294 e. The summed E-state index contributed by atoms with van der Waals surface area (Å²) in [6, 6.07) is 10.2. The maximum atomic E-state index is 12.6. The molecule has 1 aliphatic carbocycles. The summed E-state index contributed by atoms with van der Waals surface area (Å²) in [6.45, 7) is 2.13. The number of Topliss-reactive ketones (excluding diaryl/α,β-unsaturated/α-hetero) is 1. The van der Waals surface area contributed by atoms with Crippen molar-refractivity contribution in [3.8, 4) is 0 Å².